The van der Waals surface area contributed by atoms with Crippen LogP contribution in [-0.2, 0) is 0 Å². The van der Waals surface area contributed by atoms with E-state index in [1.54, 1.807) is 0 Å². The van der Waals surface area contributed by atoms with Crippen LogP contribution in [-0.4, -0.2) is 30.6 Å². The van der Waals surface area contributed by atoms with Gasteiger partial charge in [-0.05, 0) is 43.4 Å². The summed E-state index contributed by atoms with van der Waals surface area (Å²) in [6.07, 6.45) is 6.34. The molecule has 0 aromatic carbocycles. The molecule has 1 aliphatic carbocycles. The molecule has 1 heterocycles. The van der Waals surface area contributed by atoms with Gasteiger partial charge in [-0.2, -0.15) is 0 Å². The molecule has 2 amide bonds. The maximum atomic E-state index is 12.0. The van der Waals surface area contributed by atoms with Crippen molar-refractivity contribution in [3.05, 3.63) is 0 Å². The van der Waals surface area contributed by atoms with Gasteiger partial charge in [-0.25, -0.2) is 4.79 Å². The van der Waals surface area contributed by atoms with Crippen molar-refractivity contribution in [1.29, 1.82) is 0 Å². The van der Waals surface area contributed by atoms with Crippen LogP contribution in [0.4, 0.5) is 4.79 Å². The summed E-state index contributed by atoms with van der Waals surface area (Å²) in [5.41, 5.74) is 0. The van der Waals surface area contributed by atoms with Crippen molar-refractivity contribution < 1.29 is 4.79 Å². The van der Waals surface area contributed by atoms with Gasteiger partial charge in [0, 0.05) is 19.6 Å². The highest BCUT2D eigenvalue weighted by molar-refractivity contribution is 5.74. The van der Waals surface area contributed by atoms with Crippen molar-refractivity contribution in [1.82, 2.24) is 10.2 Å². The van der Waals surface area contributed by atoms with Gasteiger partial charge in [0.05, 0.1) is 0 Å². The predicted molar refractivity (Wildman–Crippen MR) is 69.9 cm³/mol. The normalized spacial score (nSPS) is 33.8. The van der Waals surface area contributed by atoms with E-state index in [9.17, 15) is 4.79 Å². The lowest BCUT2D eigenvalue weighted by molar-refractivity contribution is 0.168. The molecule has 0 bridgehead atoms. The molecule has 1 saturated carbocycles. The minimum atomic E-state index is 0.163. The van der Waals surface area contributed by atoms with Crippen LogP contribution in [0.1, 0.15) is 46.0 Å². The zero-order valence-electron chi connectivity index (χ0n) is 11.2. The topological polar surface area (TPSA) is 32.3 Å². The summed E-state index contributed by atoms with van der Waals surface area (Å²) in [5.74, 6) is 2.24. The summed E-state index contributed by atoms with van der Waals surface area (Å²) >= 11 is 0. The lowest BCUT2D eigenvalue weighted by Gasteiger charge is -2.31. The van der Waals surface area contributed by atoms with Gasteiger partial charge in [-0.3, -0.25) is 0 Å². The molecule has 98 valence electrons. The molecular formula is C14H26N2O. The summed E-state index contributed by atoms with van der Waals surface area (Å²) in [7, 11) is 0. The summed E-state index contributed by atoms with van der Waals surface area (Å²) in [6, 6.07) is 0.163. The number of likely N-dealkylation sites (tertiary alicyclic amines) is 1. The van der Waals surface area contributed by atoms with E-state index in [1.807, 2.05) is 4.90 Å². The molecule has 2 fully saturated rings. The van der Waals surface area contributed by atoms with Crippen LogP contribution in [0.25, 0.3) is 0 Å². The Morgan fingerprint density at radius 1 is 1.24 bits per heavy atom. The van der Waals surface area contributed by atoms with E-state index in [-0.39, 0.29) is 6.03 Å². The summed E-state index contributed by atoms with van der Waals surface area (Å²) in [6.45, 7) is 7.31. The van der Waals surface area contributed by atoms with Crippen LogP contribution in [0.3, 0.4) is 0 Å². The van der Waals surface area contributed by atoms with Crippen molar-refractivity contribution in [2.24, 2.45) is 17.8 Å². The molecule has 0 aromatic heterocycles. The average molecular weight is 238 g/mol. The Labute approximate surface area is 105 Å². The Bertz CT molecular complexity index is 267. The van der Waals surface area contributed by atoms with E-state index in [0.29, 0.717) is 5.92 Å². The first-order valence-corrected chi connectivity index (χ1v) is 7.18. The molecule has 3 unspecified atom stereocenters. The maximum Gasteiger partial charge on any atom is 0.317 e. The molecule has 3 atom stereocenters. The Kier molecular flexibility index (Phi) is 4.30. The largest absolute Gasteiger partial charge is 0.338 e. The first-order chi connectivity index (χ1) is 8.15. The fraction of sp³-hybridized carbons (Fsp3) is 0.929. The van der Waals surface area contributed by atoms with E-state index < -0.39 is 0 Å². The third kappa shape index (κ3) is 3.62. The molecule has 1 N–H and O–H groups in total. The number of carbonyl (C=O) groups is 1. The summed E-state index contributed by atoms with van der Waals surface area (Å²) in [5, 5.41) is 3.12. The smallest absolute Gasteiger partial charge is 0.317 e. The molecule has 0 radical (unpaired) electrons. The van der Waals surface area contributed by atoms with Crippen LogP contribution < -0.4 is 5.32 Å². The number of rotatable bonds is 2. The van der Waals surface area contributed by atoms with E-state index in [1.165, 1.54) is 25.7 Å². The first kappa shape index (κ1) is 12.7. The van der Waals surface area contributed by atoms with E-state index in [2.05, 4.69) is 19.2 Å². The van der Waals surface area contributed by atoms with Crippen LogP contribution in [0.5, 0.6) is 0 Å². The Balaban J connectivity index is 1.69. The second-order valence-corrected chi connectivity index (χ2v) is 6.16. The third-order valence-corrected chi connectivity index (χ3v) is 4.29. The first-order valence-electron chi connectivity index (χ1n) is 7.18. The van der Waals surface area contributed by atoms with Crippen LogP contribution >= 0.6 is 0 Å². The van der Waals surface area contributed by atoms with E-state index in [4.69, 9.17) is 0 Å². The minimum absolute atomic E-state index is 0.163. The number of hydrogen-bond donors (Lipinski definition) is 1. The molecule has 0 spiro atoms. The van der Waals surface area contributed by atoms with Crippen molar-refractivity contribution in [3.63, 3.8) is 0 Å². The number of nitrogens with one attached hydrogen (secondary N) is 1. The third-order valence-electron chi connectivity index (χ3n) is 4.29. The number of piperidine rings is 1. The lowest BCUT2D eigenvalue weighted by atomic mass is 10.0. The quantitative estimate of drug-likeness (QED) is 0.788. The fourth-order valence-corrected chi connectivity index (χ4v) is 3.23. The predicted octanol–water partition coefficient (Wildman–Crippen LogP) is 2.86. The van der Waals surface area contributed by atoms with Gasteiger partial charge >= 0.3 is 6.03 Å². The molecule has 3 nitrogen and oxygen atoms in total. The van der Waals surface area contributed by atoms with Gasteiger partial charge in [-0.1, -0.05) is 20.3 Å². The average Bonchev–Trinajstić information content (AvgIpc) is 2.72. The van der Waals surface area contributed by atoms with Gasteiger partial charge < -0.3 is 10.2 Å². The lowest BCUT2D eigenvalue weighted by Crippen LogP contribution is -2.46. The standard InChI is InChI=1S/C14H26N2O/c1-11-5-6-13(8-11)9-15-14(17)16-7-3-4-12(2)10-16/h11-13H,3-10H2,1-2H3,(H,15,17). The highest BCUT2D eigenvalue weighted by Gasteiger charge is 2.24. The maximum absolute atomic E-state index is 12.0. The van der Waals surface area contributed by atoms with Crippen molar-refractivity contribution in [3.8, 4) is 0 Å². The fourth-order valence-electron chi connectivity index (χ4n) is 3.23. The van der Waals surface area contributed by atoms with Crippen LogP contribution in [0.2, 0.25) is 0 Å². The Morgan fingerprint density at radius 2 is 2.06 bits per heavy atom. The highest BCUT2D eigenvalue weighted by Crippen LogP contribution is 2.29. The molecule has 0 aromatic rings. The summed E-state index contributed by atoms with van der Waals surface area (Å²) in [4.78, 5) is 14.0. The molecule has 1 saturated heterocycles. The molecule has 1 aliphatic heterocycles. The monoisotopic (exact) mass is 238 g/mol. The molecule has 17 heavy (non-hydrogen) atoms. The Morgan fingerprint density at radius 3 is 2.71 bits per heavy atom. The SMILES string of the molecule is CC1CCC(CNC(=O)N2CCCC(C)C2)C1. The zero-order chi connectivity index (χ0) is 12.3. The van der Waals surface area contributed by atoms with Crippen molar-refractivity contribution >= 4 is 6.03 Å². The van der Waals surface area contributed by atoms with Crippen molar-refractivity contribution in [2.45, 2.75) is 46.0 Å². The molecule has 3 heteroatoms. The summed E-state index contributed by atoms with van der Waals surface area (Å²) < 4.78 is 0. The highest BCUT2D eigenvalue weighted by atomic mass is 16.2. The second kappa shape index (κ2) is 5.74. The number of amides is 2. The van der Waals surface area contributed by atoms with Gasteiger partial charge in [0.1, 0.15) is 0 Å². The minimum Gasteiger partial charge on any atom is -0.338 e. The van der Waals surface area contributed by atoms with Gasteiger partial charge in [-0.15, -0.1) is 0 Å². The molecule has 2 rings (SSSR count). The Hall–Kier alpha value is -0.730. The second-order valence-electron chi connectivity index (χ2n) is 6.16. The van der Waals surface area contributed by atoms with E-state index in [0.717, 1.165) is 37.9 Å². The number of carbonyl (C=O) groups excluding carboxylic acids is 1. The van der Waals surface area contributed by atoms with Crippen LogP contribution in [0, 0.1) is 17.8 Å². The van der Waals surface area contributed by atoms with Gasteiger partial charge in [0.25, 0.3) is 0 Å². The molecule has 2 aliphatic rings. The number of hydrogen-bond acceptors (Lipinski definition) is 1. The number of urea groups is 1. The zero-order valence-corrected chi connectivity index (χ0v) is 11.2. The van der Waals surface area contributed by atoms with Gasteiger partial charge in [0.15, 0.2) is 0 Å². The van der Waals surface area contributed by atoms with Gasteiger partial charge in [0.2, 0.25) is 0 Å². The van der Waals surface area contributed by atoms with Crippen LogP contribution in [0.15, 0.2) is 0 Å². The molecular weight excluding hydrogens is 212 g/mol. The van der Waals surface area contributed by atoms with E-state index >= 15 is 0 Å². The number of nitrogens with zero attached hydrogens (tertiary/aromatic N) is 1. The van der Waals surface area contributed by atoms with Crippen molar-refractivity contribution in [2.75, 3.05) is 19.6 Å².